The number of unbranched alkanes of at least 4 members (excludes halogenated alkanes) is 14. The Morgan fingerprint density at radius 3 is 1.63 bits per heavy atom. The maximum atomic E-state index is 11.2. The molecule has 0 heterocycles. The molecule has 172 valence electrons. The van der Waals surface area contributed by atoms with Crippen molar-refractivity contribution in [2.24, 2.45) is 0 Å². The number of rotatable bonds is 19. The summed E-state index contributed by atoms with van der Waals surface area (Å²) in [4.78, 5) is 11.2. The van der Waals surface area contributed by atoms with E-state index in [2.05, 4.69) is 6.92 Å². The van der Waals surface area contributed by atoms with Gasteiger partial charge >= 0.3 is 5.97 Å². The van der Waals surface area contributed by atoms with Crippen molar-refractivity contribution in [3.05, 3.63) is 23.8 Å². The molecule has 4 nitrogen and oxygen atoms in total. The highest BCUT2D eigenvalue weighted by Crippen LogP contribution is 2.32. The van der Waals surface area contributed by atoms with Crippen LogP contribution in [0.5, 0.6) is 11.5 Å². The highest BCUT2D eigenvalue weighted by Gasteiger charge is 2.16. The predicted molar refractivity (Wildman–Crippen MR) is 124 cm³/mol. The first-order valence-electron chi connectivity index (χ1n) is 12.3. The number of carboxylic acids is 1. The Morgan fingerprint density at radius 1 is 0.733 bits per heavy atom. The molecule has 0 aliphatic rings. The number of phenolic OH excluding ortho intramolecular Hbond substituents is 2. The molecule has 0 spiro atoms. The van der Waals surface area contributed by atoms with E-state index in [0.717, 1.165) is 24.8 Å². The molecule has 0 fully saturated rings. The number of hydrogen-bond acceptors (Lipinski definition) is 3. The van der Waals surface area contributed by atoms with Crippen LogP contribution in [0.4, 0.5) is 0 Å². The monoisotopic (exact) mass is 420 g/mol. The average molecular weight is 421 g/mol. The summed E-state index contributed by atoms with van der Waals surface area (Å²) in [5, 5.41) is 28.3. The van der Waals surface area contributed by atoms with Gasteiger partial charge < -0.3 is 15.3 Å². The van der Waals surface area contributed by atoms with Gasteiger partial charge in [0.1, 0.15) is 0 Å². The van der Waals surface area contributed by atoms with Gasteiger partial charge in [0.05, 0.1) is 6.42 Å². The zero-order valence-electron chi connectivity index (χ0n) is 19.1. The third-order valence-corrected chi connectivity index (χ3v) is 6.05. The van der Waals surface area contributed by atoms with E-state index in [1.54, 1.807) is 6.07 Å². The minimum atomic E-state index is -0.825. The van der Waals surface area contributed by atoms with E-state index in [1.165, 1.54) is 95.6 Å². The fourth-order valence-electron chi connectivity index (χ4n) is 4.15. The second kappa shape index (κ2) is 17.0. The zero-order chi connectivity index (χ0) is 22.0. The normalized spacial score (nSPS) is 12.2. The summed E-state index contributed by atoms with van der Waals surface area (Å²) in [6.07, 6.45) is 20.6. The van der Waals surface area contributed by atoms with Crippen molar-refractivity contribution < 1.29 is 20.1 Å². The summed E-state index contributed by atoms with van der Waals surface area (Å²) in [5.74, 6) is -1.29. The van der Waals surface area contributed by atoms with Gasteiger partial charge in [-0.3, -0.25) is 4.79 Å². The van der Waals surface area contributed by atoms with E-state index in [-0.39, 0.29) is 23.8 Å². The third kappa shape index (κ3) is 12.8. The number of hydrogen-bond donors (Lipinski definition) is 3. The molecular weight excluding hydrogens is 376 g/mol. The molecule has 0 aromatic heterocycles. The molecule has 0 aliphatic heterocycles. The summed E-state index contributed by atoms with van der Waals surface area (Å²) < 4.78 is 0. The first-order valence-corrected chi connectivity index (χ1v) is 12.3. The lowest BCUT2D eigenvalue weighted by Gasteiger charge is -2.16. The smallest absolute Gasteiger partial charge is 0.303 e. The molecule has 0 saturated heterocycles. The van der Waals surface area contributed by atoms with Crippen LogP contribution in [0.25, 0.3) is 0 Å². The van der Waals surface area contributed by atoms with Crippen LogP contribution in [0, 0.1) is 0 Å². The Bertz CT molecular complexity index is 570. The predicted octanol–water partition coefficient (Wildman–Crippen LogP) is 7.92. The van der Waals surface area contributed by atoms with E-state index in [9.17, 15) is 20.1 Å². The molecule has 0 radical (unpaired) electrons. The van der Waals surface area contributed by atoms with E-state index in [0.29, 0.717) is 0 Å². The molecule has 0 amide bonds. The average Bonchev–Trinajstić information content (AvgIpc) is 2.71. The van der Waals surface area contributed by atoms with Crippen LogP contribution < -0.4 is 0 Å². The van der Waals surface area contributed by atoms with Gasteiger partial charge in [-0.05, 0) is 30.0 Å². The lowest BCUT2D eigenvalue weighted by Crippen LogP contribution is -2.06. The van der Waals surface area contributed by atoms with Crippen LogP contribution in [0.3, 0.4) is 0 Å². The quantitative estimate of drug-likeness (QED) is 0.157. The van der Waals surface area contributed by atoms with Gasteiger partial charge in [0.25, 0.3) is 0 Å². The van der Waals surface area contributed by atoms with Gasteiger partial charge in [-0.25, -0.2) is 0 Å². The van der Waals surface area contributed by atoms with Gasteiger partial charge in [0.15, 0.2) is 11.5 Å². The summed E-state index contributed by atoms with van der Waals surface area (Å²) in [5.41, 5.74) is 0.790. The summed E-state index contributed by atoms with van der Waals surface area (Å²) in [6, 6.07) is 4.65. The Balaban J connectivity index is 2.05. The van der Waals surface area contributed by atoms with Crippen molar-refractivity contribution in [3.8, 4) is 11.5 Å². The lowest BCUT2D eigenvalue weighted by atomic mass is 9.90. The van der Waals surface area contributed by atoms with Crippen molar-refractivity contribution in [1.29, 1.82) is 0 Å². The number of aromatic hydroxyl groups is 2. The van der Waals surface area contributed by atoms with E-state index >= 15 is 0 Å². The fourth-order valence-corrected chi connectivity index (χ4v) is 4.15. The molecule has 30 heavy (non-hydrogen) atoms. The van der Waals surface area contributed by atoms with Gasteiger partial charge in [0, 0.05) is 0 Å². The Labute approximate surface area is 183 Å². The van der Waals surface area contributed by atoms with Crippen molar-refractivity contribution in [3.63, 3.8) is 0 Å². The third-order valence-electron chi connectivity index (χ3n) is 6.05. The first-order chi connectivity index (χ1) is 14.5. The largest absolute Gasteiger partial charge is 0.504 e. The minimum Gasteiger partial charge on any atom is -0.504 e. The molecule has 4 heteroatoms. The molecule has 1 atom stereocenters. The number of aliphatic carboxylic acids is 1. The molecule has 1 unspecified atom stereocenters. The maximum absolute atomic E-state index is 11.2. The Kier molecular flexibility index (Phi) is 14.9. The Morgan fingerprint density at radius 2 is 1.20 bits per heavy atom. The van der Waals surface area contributed by atoms with Crippen molar-refractivity contribution in [2.45, 2.75) is 122 Å². The molecule has 0 bridgehead atoms. The zero-order valence-corrected chi connectivity index (χ0v) is 19.1. The van der Waals surface area contributed by atoms with Gasteiger partial charge in [-0.1, -0.05) is 109 Å². The molecule has 3 N–H and O–H groups in total. The minimum absolute atomic E-state index is 0.0584. The van der Waals surface area contributed by atoms with Crippen molar-refractivity contribution in [1.82, 2.24) is 0 Å². The van der Waals surface area contributed by atoms with Crippen molar-refractivity contribution >= 4 is 5.97 Å². The number of phenols is 2. The van der Waals surface area contributed by atoms with E-state index < -0.39 is 5.97 Å². The van der Waals surface area contributed by atoms with Crippen LogP contribution in [0.2, 0.25) is 0 Å². The van der Waals surface area contributed by atoms with Crippen LogP contribution in [0.15, 0.2) is 18.2 Å². The van der Waals surface area contributed by atoms with Gasteiger partial charge in [0.2, 0.25) is 0 Å². The van der Waals surface area contributed by atoms with Crippen LogP contribution in [0.1, 0.15) is 128 Å². The van der Waals surface area contributed by atoms with Gasteiger partial charge in [-0.15, -0.1) is 0 Å². The van der Waals surface area contributed by atoms with Crippen LogP contribution >= 0.6 is 0 Å². The summed E-state index contributed by atoms with van der Waals surface area (Å²) in [7, 11) is 0. The number of carboxylic acid groups (broad SMARTS) is 1. The topological polar surface area (TPSA) is 77.8 Å². The second-order valence-electron chi connectivity index (χ2n) is 8.78. The number of carbonyl (C=O) groups is 1. The highest BCUT2D eigenvalue weighted by molar-refractivity contribution is 5.68. The first kappa shape index (κ1) is 26.3. The molecule has 0 aliphatic carbocycles. The summed E-state index contributed by atoms with van der Waals surface area (Å²) in [6.45, 7) is 2.26. The van der Waals surface area contributed by atoms with Crippen molar-refractivity contribution in [2.75, 3.05) is 0 Å². The number of benzene rings is 1. The standard InChI is InChI=1S/C26H44O4/c1-2-3-4-5-6-7-8-9-10-11-12-13-14-15-16-17-22(21-26(29)30)23-18-19-24(27)25(28)20-23/h18-20,22,27-28H,2-17,21H2,1H3,(H,29,30). The molecule has 1 aromatic rings. The molecule has 0 saturated carbocycles. The summed E-state index contributed by atoms with van der Waals surface area (Å²) >= 11 is 0. The van der Waals surface area contributed by atoms with E-state index in [4.69, 9.17) is 0 Å². The SMILES string of the molecule is CCCCCCCCCCCCCCCCCC(CC(=O)O)c1ccc(O)c(O)c1. The Hall–Kier alpha value is -1.71. The maximum Gasteiger partial charge on any atom is 0.303 e. The highest BCUT2D eigenvalue weighted by atomic mass is 16.4. The van der Waals surface area contributed by atoms with E-state index in [1.807, 2.05) is 0 Å². The second-order valence-corrected chi connectivity index (χ2v) is 8.78. The molecular formula is C26H44O4. The molecule has 1 rings (SSSR count). The van der Waals surface area contributed by atoms with Crippen LogP contribution in [-0.4, -0.2) is 21.3 Å². The lowest BCUT2D eigenvalue weighted by molar-refractivity contribution is -0.137. The van der Waals surface area contributed by atoms with Crippen LogP contribution in [-0.2, 0) is 4.79 Å². The van der Waals surface area contributed by atoms with Gasteiger partial charge in [-0.2, -0.15) is 0 Å². The fraction of sp³-hybridized carbons (Fsp3) is 0.731. The molecule has 1 aromatic carbocycles.